The Hall–Kier alpha value is -1.55. The summed E-state index contributed by atoms with van der Waals surface area (Å²) in [5.74, 6) is 0.626. The predicted molar refractivity (Wildman–Crippen MR) is 107 cm³/mol. The molecule has 162 valence electrons. The average molecular weight is 431 g/mol. The summed E-state index contributed by atoms with van der Waals surface area (Å²) in [7, 11) is -3.63. The van der Waals surface area contributed by atoms with Crippen LogP contribution in [0.4, 0.5) is 8.78 Å². The van der Waals surface area contributed by atoms with Crippen LogP contribution in [0, 0.1) is 5.92 Å². The van der Waals surface area contributed by atoms with Crippen LogP contribution in [0.25, 0.3) is 6.08 Å². The maximum absolute atomic E-state index is 12.7. The monoisotopic (exact) mass is 430 g/mol. The molecule has 3 rings (SSSR count). The molecule has 1 fully saturated rings. The number of benzene rings is 1. The van der Waals surface area contributed by atoms with Gasteiger partial charge in [-0.3, -0.25) is 4.90 Å². The van der Waals surface area contributed by atoms with Crippen LogP contribution >= 0.6 is 0 Å². The lowest BCUT2D eigenvalue weighted by Crippen LogP contribution is -2.48. The van der Waals surface area contributed by atoms with Crippen LogP contribution in [0.15, 0.2) is 23.1 Å². The van der Waals surface area contributed by atoms with Crippen molar-refractivity contribution in [2.24, 2.45) is 5.92 Å². The number of fused-ring (bicyclic) bond motifs is 1. The molecular weight excluding hydrogens is 402 g/mol. The Balaban J connectivity index is 1.62. The van der Waals surface area contributed by atoms with Crippen molar-refractivity contribution < 1.29 is 26.7 Å². The number of morpholine rings is 1. The first-order valence-corrected chi connectivity index (χ1v) is 11.3. The second-order valence-corrected chi connectivity index (χ2v) is 9.67. The van der Waals surface area contributed by atoms with E-state index in [-0.39, 0.29) is 18.4 Å². The van der Waals surface area contributed by atoms with Crippen molar-refractivity contribution in [3.8, 4) is 5.75 Å². The van der Waals surface area contributed by atoms with Gasteiger partial charge in [0.05, 0.1) is 17.6 Å². The minimum absolute atomic E-state index is 0.0805. The van der Waals surface area contributed by atoms with Gasteiger partial charge in [-0.05, 0) is 48.1 Å². The maximum Gasteiger partial charge on any atom is 0.387 e. The van der Waals surface area contributed by atoms with E-state index >= 15 is 0 Å². The van der Waals surface area contributed by atoms with Crippen LogP contribution in [-0.2, 0) is 21.2 Å². The van der Waals surface area contributed by atoms with Crippen molar-refractivity contribution in [2.75, 3.05) is 32.8 Å². The Morgan fingerprint density at radius 3 is 2.83 bits per heavy atom. The third kappa shape index (κ3) is 6.21. The molecule has 1 unspecified atom stereocenters. The molecular formula is C20H28F2N2O4S. The van der Waals surface area contributed by atoms with E-state index < -0.39 is 16.6 Å². The van der Waals surface area contributed by atoms with Gasteiger partial charge in [0, 0.05) is 26.2 Å². The molecule has 0 aromatic heterocycles. The van der Waals surface area contributed by atoms with E-state index in [1.54, 1.807) is 12.1 Å². The summed E-state index contributed by atoms with van der Waals surface area (Å²) in [5, 5.41) is 0. The minimum Gasteiger partial charge on any atom is -0.435 e. The molecule has 2 aliphatic rings. The molecule has 6 nitrogen and oxygen atoms in total. The topological polar surface area (TPSA) is 67.9 Å². The van der Waals surface area contributed by atoms with Crippen molar-refractivity contribution in [1.82, 2.24) is 9.62 Å². The highest BCUT2D eigenvalue weighted by Crippen LogP contribution is 2.30. The van der Waals surface area contributed by atoms with Crippen LogP contribution in [0.2, 0.25) is 0 Å². The van der Waals surface area contributed by atoms with Crippen LogP contribution < -0.4 is 9.46 Å². The van der Waals surface area contributed by atoms with Gasteiger partial charge >= 0.3 is 6.61 Å². The molecule has 0 amide bonds. The number of hydrogen-bond acceptors (Lipinski definition) is 5. The maximum atomic E-state index is 12.7. The Kier molecular flexibility index (Phi) is 7.26. The minimum atomic E-state index is -3.63. The molecule has 1 N–H and O–H groups in total. The number of halogens is 2. The molecule has 0 spiro atoms. The zero-order chi connectivity index (χ0) is 21.0. The lowest BCUT2D eigenvalue weighted by molar-refractivity contribution is -0.0498. The fraction of sp³-hybridized carbons (Fsp3) is 0.600. The Morgan fingerprint density at radius 2 is 2.10 bits per heavy atom. The van der Waals surface area contributed by atoms with Crippen LogP contribution in [0.1, 0.15) is 31.4 Å². The third-order valence-corrected chi connectivity index (χ3v) is 6.55. The number of sulfonamides is 1. The van der Waals surface area contributed by atoms with E-state index in [2.05, 4.69) is 28.2 Å². The van der Waals surface area contributed by atoms with Gasteiger partial charge in [0.1, 0.15) is 5.75 Å². The predicted octanol–water partition coefficient (Wildman–Crippen LogP) is 2.85. The Labute approximate surface area is 170 Å². The number of rotatable bonds is 8. The Bertz CT molecular complexity index is 843. The molecule has 1 aliphatic carbocycles. The number of aryl methyl sites for hydroxylation is 1. The fourth-order valence-electron chi connectivity index (χ4n) is 3.71. The van der Waals surface area contributed by atoms with Gasteiger partial charge in [0.15, 0.2) is 0 Å². The van der Waals surface area contributed by atoms with E-state index in [1.807, 2.05) is 0 Å². The molecule has 1 aliphatic heterocycles. The molecule has 1 aromatic rings. The van der Waals surface area contributed by atoms with Gasteiger partial charge < -0.3 is 9.47 Å². The van der Waals surface area contributed by atoms with Crippen molar-refractivity contribution in [2.45, 2.75) is 39.4 Å². The average Bonchev–Trinajstić information content (AvgIpc) is 2.65. The molecule has 29 heavy (non-hydrogen) atoms. The molecule has 9 heteroatoms. The van der Waals surface area contributed by atoms with Gasteiger partial charge in [-0.2, -0.15) is 8.78 Å². The summed E-state index contributed by atoms with van der Waals surface area (Å²) < 4.78 is 63.0. The molecule has 0 radical (unpaired) electrons. The highest BCUT2D eigenvalue weighted by Gasteiger charge is 2.26. The summed E-state index contributed by atoms with van der Waals surface area (Å²) in [5.41, 5.74) is 1.50. The molecule has 1 aromatic carbocycles. The van der Waals surface area contributed by atoms with E-state index in [4.69, 9.17) is 4.74 Å². The van der Waals surface area contributed by atoms with E-state index in [1.165, 1.54) is 12.1 Å². The van der Waals surface area contributed by atoms with Crippen molar-refractivity contribution >= 4 is 16.1 Å². The number of hydrogen-bond donors (Lipinski definition) is 1. The molecule has 1 saturated heterocycles. The van der Waals surface area contributed by atoms with Crippen molar-refractivity contribution in [3.63, 3.8) is 0 Å². The van der Waals surface area contributed by atoms with Crippen molar-refractivity contribution in [3.05, 3.63) is 34.2 Å². The summed E-state index contributed by atoms with van der Waals surface area (Å²) in [6.07, 6.45) is 2.18. The van der Waals surface area contributed by atoms with Gasteiger partial charge in [-0.15, -0.1) is 0 Å². The van der Waals surface area contributed by atoms with Gasteiger partial charge in [-0.1, -0.05) is 19.9 Å². The molecule has 0 saturated carbocycles. The highest BCUT2D eigenvalue weighted by atomic mass is 32.2. The number of nitrogens with one attached hydrogen (secondary N) is 1. The van der Waals surface area contributed by atoms with Gasteiger partial charge in [0.25, 0.3) is 0 Å². The molecule has 0 bridgehead atoms. The second-order valence-electron chi connectivity index (χ2n) is 7.85. The second kappa shape index (κ2) is 9.51. The summed E-state index contributed by atoms with van der Waals surface area (Å²) in [6, 6.07) is 4.56. The summed E-state index contributed by atoms with van der Waals surface area (Å²) in [4.78, 5) is 2.59. The number of allylic oxidation sites excluding steroid dienone is 1. The van der Waals surface area contributed by atoms with Crippen LogP contribution in [0.3, 0.4) is 0 Å². The number of nitrogens with zero attached hydrogens (tertiary/aromatic N) is 1. The zero-order valence-electron chi connectivity index (χ0n) is 16.7. The van der Waals surface area contributed by atoms with E-state index in [0.29, 0.717) is 42.4 Å². The normalized spacial score (nSPS) is 20.6. The van der Waals surface area contributed by atoms with Crippen LogP contribution in [-0.4, -0.2) is 58.8 Å². The fourth-order valence-corrected chi connectivity index (χ4v) is 4.96. The molecule has 1 atom stereocenters. The first kappa shape index (κ1) is 22.1. The van der Waals surface area contributed by atoms with E-state index in [0.717, 1.165) is 18.7 Å². The largest absolute Gasteiger partial charge is 0.435 e. The molecule has 1 heterocycles. The number of alkyl halides is 2. The van der Waals surface area contributed by atoms with Crippen molar-refractivity contribution in [1.29, 1.82) is 0 Å². The van der Waals surface area contributed by atoms with Gasteiger partial charge in [0.2, 0.25) is 10.0 Å². The van der Waals surface area contributed by atoms with Crippen LogP contribution in [0.5, 0.6) is 5.75 Å². The third-order valence-electron chi connectivity index (χ3n) is 4.99. The lowest BCUT2D eigenvalue weighted by Gasteiger charge is -2.34. The smallest absolute Gasteiger partial charge is 0.387 e. The summed E-state index contributed by atoms with van der Waals surface area (Å²) >= 11 is 0. The quantitative estimate of drug-likeness (QED) is 0.687. The standard InChI is InChI=1S/C20H28F2N2O4S/c1-14(2)12-24-7-8-27-18(13-24)11-23-29(25,26)19-6-4-15-9-17(28-20(21)22)5-3-16(15)10-19/h3,5,9-10,14,18,20,23H,4,6-8,11-13H2,1-2H3. The first-order valence-electron chi connectivity index (χ1n) is 9.85. The first-order chi connectivity index (χ1) is 13.7. The van der Waals surface area contributed by atoms with E-state index in [9.17, 15) is 17.2 Å². The highest BCUT2D eigenvalue weighted by molar-refractivity contribution is 7.93. The summed E-state index contributed by atoms with van der Waals surface area (Å²) in [6.45, 7) is 4.78. The lowest BCUT2D eigenvalue weighted by atomic mass is 9.97. The Morgan fingerprint density at radius 1 is 1.31 bits per heavy atom. The SMILES string of the molecule is CC(C)CN1CCOC(CNS(=O)(=O)C2=Cc3ccc(OC(F)F)cc3CC2)C1. The zero-order valence-corrected chi connectivity index (χ0v) is 17.6. The number of ether oxygens (including phenoxy) is 2. The van der Waals surface area contributed by atoms with Gasteiger partial charge in [-0.25, -0.2) is 13.1 Å².